The molecule has 9 nitrogen and oxygen atoms in total. The van der Waals surface area contributed by atoms with E-state index in [9.17, 15) is 4.79 Å². The zero-order chi connectivity index (χ0) is 18.6. The van der Waals surface area contributed by atoms with Crippen LogP contribution in [0.5, 0.6) is 5.75 Å². The molecule has 2 saturated heterocycles. The molecule has 27 heavy (non-hydrogen) atoms. The van der Waals surface area contributed by atoms with E-state index in [2.05, 4.69) is 26.4 Å². The lowest BCUT2D eigenvalue weighted by Crippen LogP contribution is -2.46. The van der Waals surface area contributed by atoms with Crippen molar-refractivity contribution in [2.45, 2.75) is 25.9 Å². The Kier molecular flexibility index (Phi) is 5.30. The van der Waals surface area contributed by atoms with Crippen LogP contribution in [0, 0.1) is 18.8 Å². The molecule has 2 aliphatic rings. The highest BCUT2D eigenvalue weighted by Gasteiger charge is 2.38. The second-order valence-corrected chi connectivity index (χ2v) is 7.24. The Hall–Kier alpha value is -2.52. The van der Waals surface area contributed by atoms with Crippen molar-refractivity contribution in [1.29, 1.82) is 0 Å². The number of hydrazine groups is 1. The number of hydrogen-bond acceptors (Lipinski definition) is 7. The minimum absolute atomic E-state index is 0.133. The van der Waals surface area contributed by atoms with Gasteiger partial charge in [0.15, 0.2) is 0 Å². The molecule has 3 heterocycles. The minimum Gasteiger partial charge on any atom is -0.493 e. The summed E-state index contributed by atoms with van der Waals surface area (Å²) in [6.45, 7) is 4.75. The van der Waals surface area contributed by atoms with Gasteiger partial charge < -0.3 is 9.64 Å². The second-order valence-electron chi connectivity index (χ2n) is 7.24. The molecule has 2 aliphatic heterocycles. The second kappa shape index (κ2) is 8.01. The van der Waals surface area contributed by atoms with Crippen molar-refractivity contribution in [1.82, 2.24) is 36.0 Å². The maximum atomic E-state index is 13.1. The Morgan fingerprint density at radius 1 is 1.37 bits per heavy atom. The third kappa shape index (κ3) is 3.93. The number of likely N-dealkylation sites (tertiary alicyclic amines) is 1. The first-order chi connectivity index (χ1) is 13.2. The number of para-hydroxylation sites is 1. The largest absolute Gasteiger partial charge is 0.493 e. The third-order valence-corrected chi connectivity index (χ3v) is 5.32. The molecular weight excluding hydrogens is 346 g/mol. The Balaban J connectivity index is 1.36. The molecule has 1 amide bonds. The summed E-state index contributed by atoms with van der Waals surface area (Å²) < 4.78 is 7.61. The van der Waals surface area contributed by atoms with Crippen LogP contribution in [0.3, 0.4) is 0 Å². The summed E-state index contributed by atoms with van der Waals surface area (Å²) in [5, 5.41) is 11.3. The molecule has 0 saturated carbocycles. The highest BCUT2D eigenvalue weighted by molar-refractivity contribution is 5.80. The lowest BCUT2D eigenvalue weighted by Gasteiger charge is -2.35. The lowest BCUT2D eigenvalue weighted by molar-refractivity contribution is -0.138. The zero-order valence-corrected chi connectivity index (χ0v) is 15.4. The fourth-order valence-corrected chi connectivity index (χ4v) is 3.82. The van der Waals surface area contributed by atoms with Crippen LogP contribution in [0.15, 0.2) is 30.6 Å². The summed E-state index contributed by atoms with van der Waals surface area (Å²) in [5.41, 5.74) is 7.28. The number of carbonyl (C=O) groups excluding carboxylic acids is 1. The first-order valence-electron chi connectivity index (χ1n) is 9.40. The minimum atomic E-state index is -0.268. The van der Waals surface area contributed by atoms with E-state index in [0.29, 0.717) is 19.1 Å². The number of tetrazole rings is 1. The number of ether oxygens (including phenoxy) is 1. The average Bonchev–Trinajstić information content (AvgIpc) is 3.38. The van der Waals surface area contributed by atoms with E-state index >= 15 is 0 Å². The quantitative estimate of drug-likeness (QED) is 0.791. The number of rotatable bonds is 5. The Bertz CT molecular complexity index is 767. The van der Waals surface area contributed by atoms with Crippen molar-refractivity contribution in [3.8, 4) is 5.75 Å². The number of nitrogens with one attached hydrogen (secondary N) is 2. The number of carbonyl (C=O) groups is 1. The molecule has 0 radical (unpaired) electrons. The first-order valence-corrected chi connectivity index (χ1v) is 9.40. The lowest BCUT2D eigenvalue weighted by atomic mass is 9.96. The van der Waals surface area contributed by atoms with Gasteiger partial charge >= 0.3 is 0 Å². The predicted octanol–water partition coefficient (Wildman–Crippen LogP) is 0.522. The molecule has 0 aliphatic carbocycles. The van der Waals surface area contributed by atoms with E-state index in [0.717, 1.165) is 37.2 Å². The molecule has 4 rings (SSSR count). The summed E-state index contributed by atoms with van der Waals surface area (Å²) in [6.07, 6.45) is 3.33. The highest BCUT2D eigenvalue weighted by atomic mass is 16.5. The molecule has 1 aromatic heterocycles. The van der Waals surface area contributed by atoms with Crippen LogP contribution in [-0.4, -0.2) is 57.3 Å². The standard InChI is InChI=1S/C18H25N7O2/c1-13-5-2-3-7-16(13)27-11-14-6-4-8-24(10-14)18(26)15-9-19-21-17(15)25-12-20-22-23-25/h2-3,5,7,12,14-15,17,19,21H,4,6,8-11H2,1H3. The maximum absolute atomic E-state index is 13.1. The molecule has 9 heteroatoms. The number of hydrogen-bond donors (Lipinski definition) is 2. The van der Waals surface area contributed by atoms with Gasteiger partial charge in [-0.25, -0.2) is 10.1 Å². The summed E-state index contributed by atoms with van der Waals surface area (Å²) in [4.78, 5) is 15.1. The molecule has 3 unspecified atom stereocenters. The first kappa shape index (κ1) is 17.9. The number of aromatic nitrogens is 4. The Morgan fingerprint density at radius 3 is 3.07 bits per heavy atom. The molecule has 3 atom stereocenters. The Labute approximate surface area is 158 Å². The fourth-order valence-electron chi connectivity index (χ4n) is 3.82. The van der Waals surface area contributed by atoms with Crippen molar-refractivity contribution in [2.75, 3.05) is 26.2 Å². The van der Waals surface area contributed by atoms with Crippen LogP contribution in [0.2, 0.25) is 0 Å². The van der Waals surface area contributed by atoms with Crippen molar-refractivity contribution in [3.05, 3.63) is 36.2 Å². The van der Waals surface area contributed by atoms with Crippen molar-refractivity contribution >= 4 is 5.91 Å². The fraction of sp³-hybridized carbons (Fsp3) is 0.556. The molecule has 0 spiro atoms. The van der Waals surface area contributed by atoms with Gasteiger partial charge in [0.25, 0.3) is 0 Å². The molecule has 0 bridgehead atoms. The molecule has 2 aromatic rings. The van der Waals surface area contributed by atoms with E-state index in [-0.39, 0.29) is 18.0 Å². The molecular formula is C18H25N7O2. The van der Waals surface area contributed by atoms with Gasteiger partial charge in [-0.15, -0.1) is 5.10 Å². The number of nitrogens with zero attached hydrogens (tertiary/aromatic N) is 5. The van der Waals surface area contributed by atoms with E-state index < -0.39 is 0 Å². The van der Waals surface area contributed by atoms with Crippen LogP contribution in [0.25, 0.3) is 0 Å². The number of benzene rings is 1. The van der Waals surface area contributed by atoms with Crippen molar-refractivity contribution < 1.29 is 9.53 Å². The smallest absolute Gasteiger partial charge is 0.230 e. The summed E-state index contributed by atoms with van der Waals surface area (Å²) >= 11 is 0. The van der Waals surface area contributed by atoms with Crippen LogP contribution in [0.4, 0.5) is 0 Å². The van der Waals surface area contributed by atoms with E-state index in [4.69, 9.17) is 4.74 Å². The monoisotopic (exact) mass is 371 g/mol. The molecule has 2 fully saturated rings. The van der Waals surface area contributed by atoms with Gasteiger partial charge in [-0.1, -0.05) is 18.2 Å². The summed E-state index contributed by atoms with van der Waals surface area (Å²) in [6, 6.07) is 8.03. The van der Waals surface area contributed by atoms with Gasteiger partial charge in [0.2, 0.25) is 5.91 Å². The summed E-state index contributed by atoms with van der Waals surface area (Å²) in [5.74, 6) is 1.16. The van der Waals surface area contributed by atoms with Gasteiger partial charge in [-0.2, -0.15) is 0 Å². The maximum Gasteiger partial charge on any atom is 0.230 e. The van der Waals surface area contributed by atoms with E-state index in [1.807, 2.05) is 36.1 Å². The normalized spacial score (nSPS) is 25.5. The number of aryl methyl sites for hydroxylation is 1. The van der Waals surface area contributed by atoms with Gasteiger partial charge in [0.1, 0.15) is 18.2 Å². The van der Waals surface area contributed by atoms with Gasteiger partial charge in [-0.3, -0.25) is 10.2 Å². The highest BCUT2D eigenvalue weighted by Crippen LogP contribution is 2.25. The number of piperidine rings is 1. The molecule has 1 aromatic carbocycles. The summed E-state index contributed by atoms with van der Waals surface area (Å²) in [7, 11) is 0. The molecule has 2 N–H and O–H groups in total. The van der Waals surface area contributed by atoms with Crippen LogP contribution >= 0.6 is 0 Å². The van der Waals surface area contributed by atoms with E-state index in [1.165, 1.54) is 6.33 Å². The van der Waals surface area contributed by atoms with Crippen molar-refractivity contribution in [3.63, 3.8) is 0 Å². The molecule has 144 valence electrons. The van der Waals surface area contributed by atoms with Crippen LogP contribution in [-0.2, 0) is 4.79 Å². The average molecular weight is 371 g/mol. The zero-order valence-electron chi connectivity index (χ0n) is 15.4. The number of amides is 1. The van der Waals surface area contributed by atoms with Gasteiger partial charge in [-0.05, 0) is 41.8 Å². The van der Waals surface area contributed by atoms with Crippen LogP contribution < -0.4 is 15.6 Å². The van der Waals surface area contributed by atoms with Gasteiger partial charge in [0.05, 0.1) is 12.5 Å². The van der Waals surface area contributed by atoms with Crippen molar-refractivity contribution in [2.24, 2.45) is 11.8 Å². The topological polar surface area (TPSA) is 97.2 Å². The van der Waals surface area contributed by atoms with Crippen LogP contribution in [0.1, 0.15) is 24.6 Å². The van der Waals surface area contributed by atoms with E-state index in [1.54, 1.807) is 4.68 Å². The Morgan fingerprint density at radius 2 is 2.26 bits per heavy atom. The van der Waals surface area contributed by atoms with Gasteiger partial charge in [0, 0.05) is 25.6 Å². The third-order valence-electron chi connectivity index (χ3n) is 5.32. The predicted molar refractivity (Wildman–Crippen MR) is 97.5 cm³/mol. The SMILES string of the molecule is Cc1ccccc1OCC1CCCN(C(=O)C2CNNC2n2cnnn2)C1.